The Labute approximate surface area is 131 Å². The summed E-state index contributed by atoms with van der Waals surface area (Å²) in [6.07, 6.45) is 0.0787. The van der Waals surface area contributed by atoms with Gasteiger partial charge in [-0.2, -0.15) is 0 Å². The predicted octanol–water partition coefficient (Wildman–Crippen LogP) is 4.14. The number of carbonyl (C=O) groups excluding carboxylic acids is 1. The van der Waals surface area contributed by atoms with E-state index in [2.05, 4.69) is 12.1 Å². The lowest BCUT2D eigenvalue weighted by molar-refractivity contribution is 0.00677. The lowest BCUT2D eigenvalue weighted by atomic mass is 9.60. The van der Waals surface area contributed by atoms with Gasteiger partial charge >= 0.3 is 6.09 Å². The molecule has 22 heavy (non-hydrogen) atoms. The molecule has 1 heterocycles. The van der Waals surface area contributed by atoms with Crippen LogP contribution in [0.5, 0.6) is 0 Å². The number of likely N-dealkylation sites (tertiary alicyclic amines) is 1. The zero-order chi connectivity index (χ0) is 16.0. The summed E-state index contributed by atoms with van der Waals surface area (Å²) in [7, 11) is 0. The number of benzene rings is 1. The molecule has 0 radical (unpaired) electrons. The highest BCUT2D eigenvalue weighted by Crippen LogP contribution is 2.56. The fourth-order valence-corrected chi connectivity index (χ4v) is 3.81. The highest BCUT2D eigenvalue weighted by Gasteiger charge is 2.56. The fourth-order valence-electron chi connectivity index (χ4n) is 3.81. The van der Waals surface area contributed by atoms with Crippen molar-refractivity contribution in [3.05, 3.63) is 35.9 Å². The van der Waals surface area contributed by atoms with Gasteiger partial charge in [-0.1, -0.05) is 30.3 Å². The molecule has 0 aromatic heterocycles. The summed E-state index contributed by atoms with van der Waals surface area (Å²) >= 11 is 0. The molecule has 2 aliphatic rings. The van der Waals surface area contributed by atoms with Gasteiger partial charge in [-0.3, -0.25) is 0 Å². The van der Waals surface area contributed by atoms with E-state index in [1.807, 2.05) is 39.0 Å². The monoisotopic (exact) mass is 305 g/mol. The molecule has 1 aliphatic carbocycles. The summed E-state index contributed by atoms with van der Waals surface area (Å²) in [5, 5.41) is 0. The molecule has 1 atom stereocenters. The Hall–Kier alpha value is -1.58. The molecule has 3 nitrogen and oxygen atoms in total. The summed E-state index contributed by atoms with van der Waals surface area (Å²) in [5.74, 6) is 0.202. The van der Waals surface area contributed by atoms with E-state index in [4.69, 9.17) is 4.74 Å². The summed E-state index contributed by atoms with van der Waals surface area (Å²) in [5.41, 5.74) is 0.579. The molecule has 1 aliphatic heterocycles. The Morgan fingerprint density at radius 3 is 2.45 bits per heavy atom. The molecule has 0 bridgehead atoms. The highest BCUT2D eigenvalue weighted by molar-refractivity contribution is 5.69. The highest BCUT2D eigenvalue weighted by atomic mass is 19.1. The van der Waals surface area contributed by atoms with Crippen LogP contribution in [-0.2, 0) is 4.74 Å². The summed E-state index contributed by atoms with van der Waals surface area (Å²) in [6.45, 7) is 6.82. The molecular formula is C18H24FNO2. The molecule has 0 N–H and O–H groups in total. The Kier molecular flexibility index (Phi) is 3.66. The number of nitrogens with zero attached hydrogens (tertiary/aromatic N) is 1. The fraction of sp³-hybridized carbons (Fsp3) is 0.611. The first-order valence-electron chi connectivity index (χ1n) is 7.96. The van der Waals surface area contributed by atoms with Crippen LogP contribution in [0.1, 0.15) is 45.1 Å². The summed E-state index contributed by atoms with van der Waals surface area (Å²) < 4.78 is 19.1. The molecule has 1 saturated carbocycles. The molecule has 1 saturated heterocycles. The van der Waals surface area contributed by atoms with Crippen molar-refractivity contribution in [1.29, 1.82) is 0 Å². The van der Waals surface area contributed by atoms with Crippen LogP contribution in [0.2, 0.25) is 0 Å². The summed E-state index contributed by atoms with van der Waals surface area (Å²) in [6, 6.07) is 10.2. The standard InChI is InChI=1S/C18H24FNO2/c1-17(2,3)22-16(21)20-11-15(13-7-5-4-6-8-13)18(12-20)9-14(19)10-18/h4-8,14-15H,9-12H2,1-3H3. The van der Waals surface area contributed by atoms with Crippen LogP contribution in [0, 0.1) is 5.41 Å². The number of hydrogen-bond acceptors (Lipinski definition) is 2. The third kappa shape index (κ3) is 2.83. The first kappa shape index (κ1) is 15.3. The molecule has 120 valence electrons. The number of rotatable bonds is 1. The van der Waals surface area contributed by atoms with Gasteiger partial charge in [0, 0.05) is 24.4 Å². The van der Waals surface area contributed by atoms with E-state index >= 15 is 0 Å². The second-order valence-electron chi connectivity index (χ2n) is 7.69. The largest absolute Gasteiger partial charge is 0.444 e. The van der Waals surface area contributed by atoms with E-state index in [1.54, 1.807) is 4.90 Å². The van der Waals surface area contributed by atoms with Gasteiger partial charge in [0.05, 0.1) is 0 Å². The van der Waals surface area contributed by atoms with Gasteiger partial charge in [0.2, 0.25) is 0 Å². The maximum Gasteiger partial charge on any atom is 0.410 e. The normalized spacial score (nSPS) is 31.2. The molecule has 2 fully saturated rings. The zero-order valence-corrected chi connectivity index (χ0v) is 13.5. The van der Waals surface area contributed by atoms with E-state index in [0.29, 0.717) is 25.9 Å². The lowest BCUT2D eigenvalue weighted by Crippen LogP contribution is -2.45. The average molecular weight is 305 g/mol. The lowest BCUT2D eigenvalue weighted by Gasteiger charge is -2.45. The molecular weight excluding hydrogens is 281 g/mol. The van der Waals surface area contributed by atoms with Crippen LogP contribution < -0.4 is 0 Å². The average Bonchev–Trinajstić information content (AvgIpc) is 2.78. The maximum atomic E-state index is 13.6. The van der Waals surface area contributed by atoms with Gasteiger partial charge < -0.3 is 9.64 Å². The van der Waals surface area contributed by atoms with Crippen molar-refractivity contribution in [3.63, 3.8) is 0 Å². The van der Waals surface area contributed by atoms with Crippen molar-refractivity contribution in [2.45, 2.75) is 51.3 Å². The number of ether oxygens (including phenoxy) is 1. The minimum atomic E-state index is -0.732. The molecule has 1 spiro atoms. The first-order valence-corrected chi connectivity index (χ1v) is 7.96. The quantitative estimate of drug-likeness (QED) is 0.780. The second-order valence-corrected chi connectivity index (χ2v) is 7.69. The van der Waals surface area contributed by atoms with Crippen LogP contribution in [0.25, 0.3) is 0 Å². The van der Waals surface area contributed by atoms with Crippen LogP contribution in [0.3, 0.4) is 0 Å². The van der Waals surface area contributed by atoms with E-state index in [-0.39, 0.29) is 17.4 Å². The van der Waals surface area contributed by atoms with Gasteiger partial charge in [0.15, 0.2) is 0 Å². The molecule has 1 unspecified atom stereocenters. The Bertz CT molecular complexity index is 546. The Morgan fingerprint density at radius 2 is 1.91 bits per heavy atom. The van der Waals surface area contributed by atoms with Crippen molar-refractivity contribution >= 4 is 6.09 Å². The SMILES string of the molecule is CC(C)(C)OC(=O)N1CC(c2ccccc2)C2(CC(F)C2)C1. The van der Waals surface area contributed by atoms with Crippen molar-refractivity contribution in [2.24, 2.45) is 5.41 Å². The van der Waals surface area contributed by atoms with E-state index in [9.17, 15) is 9.18 Å². The molecule has 1 aromatic carbocycles. The van der Waals surface area contributed by atoms with Crippen molar-refractivity contribution in [3.8, 4) is 0 Å². The van der Waals surface area contributed by atoms with E-state index in [0.717, 1.165) is 0 Å². The van der Waals surface area contributed by atoms with Crippen LogP contribution in [0.4, 0.5) is 9.18 Å². The van der Waals surface area contributed by atoms with Crippen LogP contribution in [-0.4, -0.2) is 35.9 Å². The second kappa shape index (κ2) is 5.25. The summed E-state index contributed by atoms with van der Waals surface area (Å²) in [4.78, 5) is 14.1. The number of alkyl halides is 1. The zero-order valence-electron chi connectivity index (χ0n) is 13.5. The van der Waals surface area contributed by atoms with Gasteiger partial charge in [0.25, 0.3) is 0 Å². The molecule has 1 amide bonds. The molecule has 4 heteroatoms. The Balaban J connectivity index is 1.80. The van der Waals surface area contributed by atoms with Gasteiger partial charge in [0.1, 0.15) is 11.8 Å². The number of amides is 1. The molecule has 1 aromatic rings. The van der Waals surface area contributed by atoms with Crippen molar-refractivity contribution in [2.75, 3.05) is 13.1 Å². The van der Waals surface area contributed by atoms with Gasteiger partial charge in [-0.25, -0.2) is 9.18 Å². The minimum Gasteiger partial charge on any atom is -0.444 e. The first-order chi connectivity index (χ1) is 10.3. The van der Waals surface area contributed by atoms with Gasteiger partial charge in [-0.15, -0.1) is 0 Å². The van der Waals surface area contributed by atoms with E-state index < -0.39 is 11.8 Å². The third-order valence-electron chi connectivity index (χ3n) is 4.76. The van der Waals surface area contributed by atoms with Gasteiger partial charge in [-0.05, 0) is 39.2 Å². The van der Waals surface area contributed by atoms with Crippen LogP contribution >= 0.6 is 0 Å². The Morgan fingerprint density at radius 1 is 1.27 bits per heavy atom. The smallest absolute Gasteiger partial charge is 0.410 e. The van der Waals surface area contributed by atoms with Crippen LogP contribution in [0.15, 0.2) is 30.3 Å². The van der Waals surface area contributed by atoms with Crippen molar-refractivity contribution < 1.29 is 13.9 Å². The third-order valence-corrected chi connectivity index (χ3v) is 4.76. The van der Waals surface area contributed by atoms with Crippen molar-refractivity contribution in [1.82, 2.24) is 4.90 Å². The maximum absolute atomic E-state index is 13.6. The molecule has 3 rings (SSSR count). The topological polar surface area (TPSA) is 29.5 Å². The number of halogens is 1. The number of hydrogen-bond donors (Lipinski definition) is 0. The predicted molar refractivity (Wildman–Crippen MR) is 83.6 cm³/mol. The van der Waals surface area contributed by atoms with E-state index in [1.165, 1.54) is 5.56 Å². The number of carbonyl (C=O) groups is 1. The minimum absolute atomic E-state index is 0.113.